The lowest BCUT2D eigenvalue weighted by molar-refractivity contribution is -0.325. The van der Waals surface area contributed by atoms with Gasteiger partial charge in [-0.15, -0.1) is 13.2 Å². The SMILES string of the molecule is CC(O)C1CCN(CCOC(F)(F)F)CC1. The zero-order valence-corrected chi connectivity index (χ0v) is 9.33. The number of aliphatic hydroxyl groups excluding tert-OH is 1. The van der Waals surface area contributed by atoms with Crippen LogP contribution in [-0.4, -0.2) is 48.7 Å². The van der Waals surface area contributed by atoms with Gasteiger partial charge in [0, 0.05) is 6.54 Å². The molecule has 0 aliphatic carbocycles. The van der Waals surface area contributed by atoms with Crippen LogP contribution in [0.5, 0.6) is 0 Å². The lowest BCUT2D eigenvalue weighted by atomic mass is 9.92. The van der Waals surface area contributed by atoms with E-state index in [0.29, 0.717) is 6.54 Å². The van der Waals surface area contributed by atoms with Crippen molar-refractivity contribution < 1.29 is 23.0 Å². The van der Waals surface area contributed by atoms with Crippen molar-refractivity contribution in [2.45, 2.75) is 32.2 Å². The van der Waals surface area contributed by atoms with Crippen LogP contribution >= 0.6 is 0 Å². The summed E-state index contributed by atoms with van der Waals surface area (Å²) in [7, 11) is 0. The molecule has 0 spiro atoms. The summed E-state index contributed by atoms with van der Waals surface area (Å²) in [5.41, 5.74) is 0. The van der Waals surface area contributed by atoms with E-state index in [-0.39, 0.29) is 18.6 Å². The molecule has 1 fully saturated rings. The molecule has 0 aromatic carbocycles. The van der Waals surface area contributed by atoms with E-state index in [1.54, 1.807) is 6.92 Å². The average Bonchev–Trinajstić information content (AvgIpc) is 2.16. The molecule has 1 unspecified atom stereocenters. The van der Waals surface area contributed by atoms with Crippen molar-refractivity contribution in [1.82, 2.24) is 4.90 Å². The Hall–Kier alpha value is -0.330. The van der Waals surface area contributed by atoms with Gasteiger partial charge in [-0.25, -0.2) is 0 Å². The maximum atomic E-state index is 11.7. The molecule has 1 atom stereocenters. The Kier molecular flexibility index (Phi) is 5.01. The van der Waals surface area contributed by atoms with E-state index < -0.39 is 6.36 Å². The van der Waals surface area contributed by atoms with Crippen LogP contribution < -0.4 is 0 Å². The van der Waals surface area contributed by atoms with Crippen molar-refractivity contribution in [2.75, 3.05) is 26.2 Å². The number of hydrogen-bond donors (Lipinski definition) is 1. The second kappa shape index (κ2) is 5.84. The van der Waals surface area contributed by atoms with E-state index in [2.05, 4.69) is 4.74 Å². The smallest absolute Gasteiger partial charge is 0.393 e. The zero-order valence-electron chi connectivity index (χ0n) is 9.33. The van der Waals surface area contributed by atoms with Gasteiger partial charge >= 0.3 is 6.36 Å². The number of likely N-dealkylation sites (tertiary alicyclic amines) is 1. The van der Waals surface area contributed by atoms with Crippen LogP contribution in [0, 0.1) is 5.92 Å². The Morgan fingerprint density at radius 2 is 1.94 bits per heavy atom. The number of alkyl halides is 3. The Bertz CT molecular complexity index is 201. The molecule has 16 heavy (non-hydrogen) atoms. The Morgan fingerprint density at radius 1 is 1.38 bits per heavy atom. The molecule has 1 N–H and O–H groups in total. The lowest BCUT2D eigenvalue weighted by Gasteiger charge is -2.33. The molecule has 0 aromatic rings. The monoisotopic (exact) mass is 241 g/mol. The Balaban J connectivity index is 2.13. The summed E-state index contributed by atoms with van der Waals surface area (Å²) in [4.78, 5) is 1.94. The van der Waals surface area contributed by atoms with Crippen LogP contribution in [0.15, 0.2) is 0 Å². The van der Waals surface area contributed by atoms with Crippen molar-refractivity contribution in [3.8, 4) is 0 Å². The second-order valence-corrected chi connectivity index (χ2v) is 4.21. The van der Waals surface area contributed by atoms with E-state index in [0.717, 1.165) is 25.9 Å². The van der Waals surface area contributed by atoms with Gasteiger partial charge in [-0.3, -0.25) is 4.74 Å². The molecule has 6 heteroatoms. The maximum Gasteiger partial charge on any atom is 0.522 e. The van der Waals surface area contributed by atoms with Gasteiger partial charge < -0.3 is 10.0 Å². The predicted octanol–water partition coefficient (Wildman–Crippen LogP) is 1.62. The first-order valence-electron chi connectivity index (χ1n) is 5.49. The third-order valence-electron chi connectivity index (χ3n) is 2.99. The van der Waals surface area contributed by atoms with E-state index in [9.17, 15) is 18.3 Å². The minimum Gasteiger partial charge on any atom is -0.393 e. The molecule has 0 aromatic heterocycles. The van der Waals surface area contributed by atoms with Gasteiger partial charge in [0.15, 0.2) is 0 Å². The summed E-state index contributed by atoms with van der Waals surface area (Å²) in [6.07, 6.45) is -3.18. The molecule has 0 amide bonds. The molecule has 1 aliphatic heterocycles. The Morgan fingerprint density at radius 3 is 2.38 bits per heavy atom. The molecular weight excluding hydrogens is 223 g/mol. The highest BCUT2D eigenvalue weighted by atomic mass is 19.4. The summed E-state index contributed by atoms with van der Waals surface area (Å²) in [6, 6.07) is 0. The summed E-state index contributed by atoms with van der Waals surface area (Å²) < 4.78 is 38.8. The summed E-state index contributed by atoms with van der Waals surface area (Å²) in [5.74, 6) is 0.278. The number of halogens is 3. The quantitative estimate of drug-likeness (QED) is 0.811. The van der Waals surface area contributed by atoms with Crippen molar-refractivity contribution in [3.05, 3.63) is 0 Å². The van der Waals surface area contributed by atoms with E-state index in [1.807, 2.05) is 4.90 Å². The van der Waals surface area contributed by atoms with Crippen LogP contribution in [0.2, 0.25) is 0 Å². The fourth-order valence-corrected chi connectivity index (χ4v) is 1.95. The molecule has 1 rings (SSSR count). The van der Waals surface area contributed by atoms with Gasteiger partial charge in [0.1, 0.15) is 0 Å². The highest BCUT2D eigenvalue weighted by molar-refractivity contribution is 4.75. The van der Waals surface area contributed by atoms with Crippen LogP contribution in [0.25, 0.3) is 0 Å². The minimum atomic E-state index is -4.53. The topological polar surface area (TPSA) is 32.7 Å². The average molecular weight is 241 g/mol. The van der Waals surface area contributed by atoms with E-state index >= 15 is 0 Å². The first-order chi connectivity index (χ1) is 7.38. The number of ether oxygens (including phenoxy) is 1. The molecule has 1 heterocycles. The molecule has 0 radical (unpaired) electrons. The number of aliphatic hydroxyl groups is 1. The van der Waals surface area contributed by atoms with Crippen LogP contribution in [0.3, 0.4) is 0 Å². The molecule has 1 aliphatic rings. The fraction of sp³-hybridized carbons (Fsp3) is 1.00. The van der Waals surface area contributed by atoms with Crippen molar-refractivity contribution in [1.29, 1.82) is 0 Å². The standard InChI is InChI=1S/C10H18F3NO2/c1-8(15)9-2-4-14(5-3-9)6-7-16-10(11,12)13/h8-9,15H,2-7H2,1H3. The minimum absolute atomic E-state index is 0.278. The van der Waals surface area contributed by atoms with Crippen LogP contribution in [-0.2, 0) is 4.74 Å². The number of piperidine rings is 1. The fourth-order valence-electron chi connectivity index (χ4n) is 1.95. The molecule has 3 nitrogen and oxygen atoms in total. The van der Waals surface area contributed by atoms with Gasteiger partial charge in [0.05, 0.1) is 12.7 Å². The Labute approximate surface area is 93.2 Å². The normalized spacial score (nSPS) is 22.3. The molecule has 1 saturated heterocycles. The first-order valence-corrected chi connectivity index (χ1v) is 5.49. The van der Waals surface area contributed by atoms with Gasteiger partial charge in [0.2, 0.25) is 0 Å². The van der Waals surface area contributed by atoms with Crippen molar-refractivity contribution in [2.24, 2.45) is 5.92 Å². The highest BCUT2D eigenvalue weighted by Crippen LogP contribution is 2.21. The van der Waals surface area contributed by atoms with Gasteiger partial charge in [-0.05, 0) is 38.8 Å². The molecule has 0 saturated carbocycles. The zero-order chi connectivity index (χ0) is 12.2. The first kappa shape index (κ1) is 13.7. The van der Waals surface area contributed by atoms with E-state index in [1.165, 1.54) is 0 Å². The summed E-state index contributed by atoms with van der Waals surface area (Å²) in [6.45, 7) is 3.20. The second-order valence-electron chi connectivity index (χ2n) is 4.21. The highest BCUT2D eigenvalue weighted by Gasteiger charge is 2.29. The van der Waals surface area contributed by atoms with Gasteiger partial charge in [-0.1, -0.05) is 0 Å². The summed E-state index contributed by atoms with van der Waals surface area (Å²) in [5, 5.41) is 9.35. The summed E-state index contributed by atoms with van der Waals surface area (Å²) >= 11 is 0. The third kappa shape index (κ3) is 5.14. The van der Waals surface area contributed by atoms with Crippen LogP contribution in [0.1, 0.15) is 19.8 Å². The number of nitrogens with zero attached hydrogens (tertiary/aromatic N) is 1. The van der Waals surface area contributed by atoms with Crippen molar-refractivity contribution >= 4 is 0 Å². The third-order valence-corrected chi connectivity index (χ3v) is 2.99. The maximum absolute atomic E-state index is 11.7. The molecule has 0 bridgehead atoms. The van der Waals surface area contributed by atoms with Crippen molar-refractivity contribution in [3.63, 3.8) is 0 Å². The van der Waals surface area contributed by atoms with Gasteiger partial charge in [0.25, 0.3) is 0 Å². The number of rotatable bonds is 4. The molecular formula is C10H18F3NO2. The largest absolute Gasteiger partial charge is 0.522 e. The van der Waals surface area contributed by atoms with E-state index in [4.69, 9.17) is 0 Å². The lowest BCUT2D eigenvalue weighted by Crippen LogP contribution is -2.39. The predicted molar refractivity (Wildman–Crippen MR) is 52.9 cm³/mol. The van der Waals surface area contributed by atoms with Gasteiger partial charge in [-0.2, -0.15) is 0 Å². The van der Waals surface area contributed by atoms with Crippen LogP contribution in [0.4, 0.5) is 13.2 Å². The number of hydrogen-bond acceptors (Lipinski definition) is 3. The molecule has 96 valence electrons.